The molecule has 0 spiro atoms. The van der Waals surface area contributed by atoms with Crippen LogP contribution in [0.3, 0.4) is 0 Å². The number of Topliss-reactive ketones (excluding diaryl/α,β-unsaturated/α-hetero) is 1. The van der Waals surface area contributed by atoms with Crippen molar-refractivity contribution in [3.63, 3.8) is 0 Å². The molecule has 0 bridgehead atoms. The topological polar surface area (TPSA) is 85.4 Å². The molecule has 1 aliphatic heterocycles. The summed E-state index contributed by atoms with van der Waals surface area (Å²) in [6.07, 6.45) is 4.68. The normalized spacial score (nSPS) is 17.4. The molecule has 1 aromatic carbocycles. The summed E-state index contributed by atoms with van der Waals surface area (Å²) in [6, 6.07) is 10.9. The Morgan fingerprint density at radius 2 is 1.83 bits per heavy atom. The summed E-state index contributed by atoms with van der Waals surface area (Å²) in [5.74, 6) is -2.12. The van der Waals surface area contributed by atoms with Gasteiger partial charge in [0.25, 0.3) is 0 Å². The Morgan fingerprint density at radius 1 is 1.13 bits per heavy atom. The van der Waals surface area contributed by atoms with Gasteiger partial charge in [0.15, 0.2) is 5.78 Å². The lowest BCUT2D eigenvalue weighted by Gasteiger charge is -2.21. The van der Waals surface area contributed by atoms with Gasteiger partial charge < -0.3 is 5.73 Å². The van der Waals surface area contributed by atoms with Crippen LogP contribution < -0.4 is 5.73 Å². The zero-order valence-corrected chi connectivity index (χ0v) is 12.6. The zero-order valence-electron chi connectivity index (χ0n) is 12.6. The van der Waals surface area contributed by atoms with Crippen molar-refractivity contribution in [2.45, 2.75) is 6.92 Å². The highest BCUT2D eigenvalue weighted by atomic mass is 16.2. The second-order valence-corrected chi connectivity index (χ2v) is 5.31. The number of carbonyl (C=O) groups excluding carboxylic acids is 2. The maximum absolute atomic E-state index is 12.8. The number of hydrogen-bond donors (Lipinski definition) is 1. The molecule has 5 nitrogen and oxygen atoms in total. The molecule has 5 heteroatoms. The minimum atomic E-state index is -1.09. The molecule has 23 heavy (non-hydrogen) atoms. The predicted molar refractivity (Wildman–Crippen MR) is 87.6 cm³/mol. The monoisotopic (exact) mass is 305 g/mol. The number of amides is 1. The fourth-order valence-electron chi connectivity index (χ4n) is 2.66. The van der Waals surface area contributed by atoms with Gasteiger partial charge in [-0.15, -0.1) is 0 Å². The van der Waals surface area contributed by atoms with Crippen molar-refractivity contribution in [3.05, 3.63) is 71.7 Å². The Bertz CT molecular complexity index is 838. The van der Waals surface area contributed by atoms with E-state index in [-0.39, 0.29) is 5.78 Å². The third-order valence-corrected chi connectivity index (χ3v) is 3.83. The number of carbonyl (C=O) groups is 2. The second kappa shape index (κ2) is 5.96. The first-order chi connectivity index (χ1) is 11.1. The molecule has 0 radical (unpaired) electrons. The molecule has 1 atom stereocenters. The molecule has 0 aliphatic carbocycles. The molecule has 1 aliphatic rings. The molecule has 0 saturated heterocycles. The van der Waals surface area contributed by atoms with E-state index in [1.165, 1.54) is 6.20 Å². The van der Waals surface area contributed by atoms with E-state index in [0.717, 1.165) is 11.1 Å². The van der Waals surface area contributed by atoms with E-state index < -0.39 is 11.8 Å². The Balaban J connectivity index is 2.14. The van der Waals surface area contributed by atoms with Crippen LogP contribution in [-0.4, -0.2) is 22.4 Å². The van der Waals surface area contributed by atoms with Gasteiger partial charge in [0.05, 0.1) is 5.71 Å². The number of ketones is 1. The van der Waals surface area contributed by atoms with Crippen molar-refractivity contribution in [2.24, 2.45) is 16.6 Å². The number of aromatic nitrogens is 1. The van der Waals surface area contributed by atoms with Gasteiger partial charge in [-0.25, -0.2) is 0 Å². The largest absolute Gasteiger partial charge is 0.369 e. The molecule has 1 unspecified atom stereocenters. The molecule has 0 fully saturated rings. The predicted octanol–water partition coefficient (Wildman–Crippen LogP) is 1.90. The van der Waals surface area contributed by atoms with Gasteiger partial charge in [-0.05, 0) is 30.2 Å². The van der Waals surface area contributed by atoms with Gasteiger partial charge in [0.1, 0.15) is 5.92 Å². The van der Waals surface area contributed by atoms with Crippen LogP contribution in [0.2, 0.25) is 0 Å². The van der Waals surface area contributed by atoms with Gasteiger partial charge >= 0.3 is 0 Å². The molecule has 2 heterocycles. The molecular weight excluding hydrogens is 290 g/mol. The van der Waals surface area contributed by atoms with Crippen molar-refractivity contribution in [2.75, 3.05) is 0 Å². The quantitative estimate of drug-likeness (QED) is 0.879. The Labute approximate surface area is 133 Å². The van der Waals surface area contributed by atoms with Gasteiger partial charge in [0.2, 0.25) is 5.91 Å². The van der Waals surface area contributed by atoms with E-state index >= 15 is 0 Å². The summed E-state index contributed by atoms with van der Waals surface area (Å²) < 4.78 is 0. The zero-order chi connectivity index (χ0) is 16.4. The van der Waals surface area contributed by atoms with Gasteiger partial charge in [-0.3, -0.25) is 19.6 Å². The maximum atomic E-state index is 12.8. The average Bonchev–Trinajstić information content (AvgIpc) is 2.56. The highest BCUT2D eigenvalue weighted by molar-refractivity contribution is 6.39. The van der Waals surface area contributed by atoms with Crippen LogP contribution >= 0.6 is 0 Å². The van der Waals surface area contributed by atoms with Crippen molar-refractivity contribution >= 4 is 23.0 Å². The van der Waals surface area contributed by atoms with Crippen LogP contribution in [0.4, 0.5) is 0 Å². The summed E-state index contributed by atoms with van der Waals surface area (Å²) in [6.45, 7) is 1.91. The molecule has 3 rings (SSSR count). The highest BCUT2D eigenvalue weighted by Crippen LogP contribution is 2.28. The van der Waals surface area contributed by atoms with E-state index in [1.807, 2.05) is 31.2 Å². The van der Waals surface area contributed by atoms with E-state index in [4.69, 9.17) is 5.73 Å². The van der Waals surface area contributed by atoms with E-state index in [0.29, 0.717) is 16.8 Å². The fraction of sp³-hybridized carbons (Fsp3) is 0.111. The molecular formula is C18H15N3O2. The molecule has 1 aromatic heterocycles. The summed E-state index contributed by atoms with van der Waals surface area (Å²) in [5.41, 5.74) is 8.62. The number of primary amides is 1. The van der Waals surface area contributed by atoms with Crippen molar-refractivity contribution < 1.29 is 9.59 Å². The summed E-state index contributed by atoms with van der Waals surface area (Å²) in [5, 5.41) is 0. The number of aliphatic imine (C=N–C) groups is 1. The number of nitrogens with zero attached hydrogens (tertiary/aromatic N) is 2. The van der Waals surface area contributed by atoms with Crippen LogP contribution in [0.5, 0.6) is 0 Å². The van der Waals surface area contributed by atoms with E-state index in [1.54, 1.807) is 24.5 Å². The fourth-order valence-corrected chi connectivity index (χ4v) is 2.66. The molecule has 0 saturated carbocycles. The third-order valence-electron chi connectivity index (χ3n) is 3.83. The van der Waals surface area contributed by atoms with E-state index in [9.17, 15) is 9.59 Å². The number of aryl methyl sites for hydroxylation is 1. The van der Waals surface area contributed by atoms with E-state index in [2.05, 4.69) is 9.98 Å². The average molecular weight is 305 g/mol. The summed E-state index contributed by atoms with van der Waals surface area (Å²) in [7, 11) is 0. The molecule has 114 valence electrons. The Hall–Kier alpha value is -3.08. The van der Waals surface area contributed by atoms with Crippen LogP contribution in [0.15, 0.2) is 60.0 Å². The minimum absolute atomic E-state index is 0.325. The number of pyridine rings is 1. The maximum Gasteiger partial charge on any atom is 0.234 e. The summed E-state index contributed by atoms with van der Waals surface area (Å²) >= 11 is 0. The Morgan fingerprint density at radius 3 is 2.48 bits per heavy atom. The second-order valence-electron chi connectivity index (χ2n) is 5.31. The Kier molecular flexibility index (Phi) is 3.85. The smallest absolute Gasteiger partial charge is 0.234 e. The van der Waals surface area contributed by atoms with Crippen molar-refractivity contribution in [3.8, 4) is 0 Å². The first-order valence-corrected chi connectivity index (χ1v) is 7.17. The summed E-state index contributed by atoms with van der Waals surface area (Å²) in [4.78, 5) is 33.0. The van der Waals surface area contributed by atoms with Crippen molar-refractivity contribution in [1.82, 2.24) is 4.98 Å². The van der Waals surface area contributed by atoms with Gasteiger partial charge in [-0.1, -0.05) is 24.3 Å². The standard InChI is InChI=1S/C18H15N3O2/c1-11-4-2-3-5-13(11)14-10-21-16(12-6-8-20-9-7-12)15(17(14)22)18(19)23/h2-10,15H,1H3,(H2,19,23). The number of allylic oxidation sites excluding steroid dienone is 1. The van der Waals surface area contributed by atoms with Gasteiger partial charge in [0, 0.05) is 29.7 Å². The molecule has 1 amide bonds. The molecule has 2 aromatic rings. The minimum Gasteiger partial charge on any atom is -0.369 e. The van der Waals surface area contributed by atoms with Crippen LogP contribution in [-0.2, 0) is 9.59 Å². The van der Waals surface area contributed by atoms with Crippen LogP contribution in [0.25, 0.3) is 5.57 Å². The van der Waals surface area contributed by atoms with Crippen LogP contribution in [0, 0.1) is 12.8 Å². The van der Waals surface area contributed by atoms with Crippen molar-refractivity contribution in [1.29, 1.82) is 0 Å². The lowest BCUT2D eigenvalue weighted by Crippen LogP contribution is -2.39. The number of rotatable bonds is 3. The lowest BCUT2D eigenvalue weighted by atomic mass is 9.84. The first-order valence-electron chi connectivity index (χ1n) is 7.17. The number of benzene rings is 1. The number of nitrogens with two attached hydrogens (primary N) is 1. The SMILES string of the molecule is Cc1ccccc1C1=CN=C(c2ccncc2)C(C(N)=O)C1=O. The number of hydrogen-bond acceptors (Lipinski definition) is 4. The third kappa shape index (κ3) is 2.68. The van der Waals surface area contributed by atoms with Gasteiger partial charge in [-0.2, -0.15) is 0 Å². The molecule has 2 N–H and O–H groups in total. The lowest BCUT2D eigenvalue weighted by molar-refractivity contribution is -0.126. The highest BCUT2D eigenvalue weighted by Gasteiger charge is 2.36. The van der Waals surface area contributed by atoms with Crippen LogP contribution in [0.1, 0.15) is 16.7 Å². The first kappa shape index (κ1) is 14.8.